The van der Waals surface area contributed by atoms with Crippen molar-refractivity contribution in [1.29, 1.82) is 5.41 Å². The molecule has 1 rings (SSSR count). The van der Waals surface area contributed by atoms with Crippen molar-refractivity contribution in [2.24, 2.45) is 5.73 Å². The number of amidine groups is 1. The molecule has 0 bridgehead atoms. The summed E-state index contributed by atoms with van der Waals surface area (Å²) in [5, 5.41) is 14.2. The third-order valence-electron chi connectivity index (χ3n) is 2.11. The summed E-state index contributed by atoms with van der Waals surface area (Å²) in [5.41, 5.74) is 5.09. The van der Waals surface area contributed by atoms with Crippen LogP contribution >= 0.6 is 11.8 Å². The van der Waals surface area contributed by atoms with E-state index < -0.39 is 0 Å². The fraction of sp³-hybridized carbons (Fsp3) is 0.667. The number of aromatic amines is 1. The van der Waals surface area contributed by atoms with E-state index in [9.17, 15) is 4.79 Å². The lowest BCUT2D eigenvalue weighted by atomic mass is 10.2. The van der Waals surface area contributed by atoms with Gasteiger partial charge in [0.15, 0.2) is 5.16 Å². The summed E-state index contributed by atoms with van der Waals surface area (Å²) in [6.45, 7) is 2.54. The molecule has 0 aliphatic rings. The van der Waals surface area contributed by atoms with Gasteiger partial charge in [0.2, 0.25) is 0 Å². The van der Waals surface area contributed by atoms with Crippen LogP contribution in [0.2, 0.25) is 0 Å². The third-order valence-corrected chi connectivity index (χ3v) is 3.17. The molecule has 0 aromatic carbocycles. The zero-order valence-electron chi connectivity index (χ0n) is 9.32. The van der Waals surface area contributed by atoms with Crippen molar-refractivity contribution >= 4 is 17.6 Å². The maximum absolute atomic E-state index is 11.2. The number of nitrogens with one attached hydrogen (secondary N) is 2. The average molecular weight is 243 g/mol. The lowest BCUT2D eigenvalue weighted by Crippen LogP contribution is -2.16. The fourth-order valence-electron chi connectivity index (χ4n) is 1.27. The molecule has 0 fully saturated rings. The van der Waals surface area contributed by atoms with Gasteiger partial charge in [-0.1, -0.05) is 11.8 Å². The lowest BCUT2D eigenvalue weighted by Gasteiger charge is -2.01. The second kappa shape index (κ2) is 6.37. The maximum atomic E-state index is 11.2. The van der Waals surface area contributed by atoms with E-state index in [2.05, 4.69) is 10.2 Å². The molecule has 16 heavy (non-hydrogen) atoms. The Morgan fingerprint density at radius 3 is 3.00 bits per heavy atom. The Morgan fingerprint density at radius 1 is 1.62 bits per heavy atom. The topological polar surface area (TPSA) is 101 Å². The van der Waals surface area contributed by atoms with Crippen molar-refractivity contribution in [3.8, 4) is 0 Å². The van der Waals surface area contributed by atoms with Crippen LogP contribution in [0.25, 0.3) is 0 Å². The number of hydrogen-bond acceptors (Lipinski definition) is 4. The van der Waals surface area contributed by atoms with Crippen molar-refractivity contribution in [3.63, 3.8) is 0 Å². The van der Waals surface area contributed by atoms with Gasteiger partial charge in [-0.05, 0) is 19.8 Å². The molecule has 0 radical (unpaired) electrons. The number of aromatic nitrogens is 3. The molecule has 0 spiro atoms. The van der Waals surface area contributed by atoms with Gasteiger partial charge in [-0.25, -0.2) is 9.89 Å². The fourth-order valence-corrected chi connectivity index (χ4v) is 2.28. The van der Waals surface area contributed by atoms with Crippen molar-refractivity contribution < 1.29 is 0 Å². The molecule has 4 N–H and O–H groups in total. The molecule has 0 aliphatic carbocycles. The van der Waals surface area contributed by atoms with E-state index in [1.54, 1.807) is 16.3 Å². The van der Waals surface area contributed by atoms with Crippen LogP contribution in [0.15, 0.2) is 9.95 Å². The minimum Gasteiger partial charge on any atom is -0.388 e. The van der Waals surface area contributed by atoms with Gasteiger partial charge in [-0.2, -0.15) is 0 Å². The first-order chi connectivity index (χ1) is 7.65. The molecule has 1 heterocycles. The first kappa shape index (κ1) is 12.8. The van der Waals surface area contributed by atoms with Crippen LogP contribution < -0.4 is 11.4 Å². The average Bonchev–Trinajstić information content (AvgIpc) is 2.58. The zero-order chi connectivity index (χ0) is 12.0. The maximum Gasteiger partial charge on any atom is 0.343 e. The van der Waals surface area contributed by atoms with E-state index in [0.29, 0.717) is 13.0 Å². The summed E-state index contributed by atoms with van der Waals surface area (Å²) >= 11 is 1.55. The van der Waals surface area contributed by atoms with Crippen molar-refractivity contribution in [1.82, 2.24) is 14.8 Å². The van der Waals surface area contributed by atoms with Crippen molar-refractivity contribution in [2.75, 3.05) is 5.75 Å². The summed E-state index contributed by atoms with van der Waals surface area (Å²) in [6.07, 6.45) is 2.51. The lowest BCUT2D eigenvalue weighted by molar-refractivity contribution is 0.660. The van der Waals surface area contributed by atoms with Gasteiger partial charge in [-0.15, -0.1) is 5.10 Å². The molecule has 0 saturated heterocycles. The van der Waals surface area contributed by atoms with Crippen LogP contribution in [0, 0.1) is 5.41 Å². The van der Waals surface area contributed by atoms with Gasteiger partial charge in [0.25, 0.3) is 0 Å². The minimum absolute atomic E-state index is 0.159. The molecule has 0 atom stereocenters. The Balaban J connectivity index is 2.32. The van der Waals surface area contributed by atoms with Crippen LogP contribution in [0.3, 0.4) is 0 Å². The standard InChI is InChI=1S/C9H17N5OS/c1-2-14-8(15)12-13-9(14)16-6-4-3-5-7(10)11/h2-6H2,1H3,(H3,10,11)(H,12,15). The monoisotopic (exact) mass is 243 g/mol. The van der Waals surface area contributed by atoms with Crippen LogP contribution in [0.4, 0.5) is 0 Å². The Bertz CT molecular complexity index is 397. The van der Waals surface area contributed by atoms with Crippen molar-refractivity contribution in [2.45, 2.75) is 37.9 Å². The van der Waals surface area contributed by atoms with E-state index >= 15 is 0 Å². The van der Waals surface area contributed by atoms with Crippen LogP contribution in [0.5, 0.6) is 0 Å². The third kappa shape index (κ3) is 3.73. The zero-order valence-corrected chi connectivity index (χ0v) is 10.1. The van der Waals surface area contributed by atoms with Crippen molar-refractivity contribution in [3.05, 3.63) is 10.5 Å². The van der Waals surface area contributed by atoms with Crippen LogP contribution in [-0.2, 0) is 6.54 Å². The van der Waals surface area contributed by atoms with Crippen LogP contribution in [-0.4, -0.2) is 26.4 Å². The Morgan fingerprint density at radius 2 is 2.38 bits per heavy atom. The summed E-state index contributed by atoms with van der Waals surface area (Å²) in [6, 6.07) is 0. The number of H-pyrrole nitrogens is 1. The molecule has 0 aliphatic heterocycles. The molecule has 6 nitrogen and oxygen atoms in total. The van der Waals surface area contributed by atoms with E-state index in [0.717, 1.165) is 23.8 Å². The summed E-state index contributed by atoms with van der Waals surface area (Å²) in [7, 11) is 0. The second-order valence-electron chi connectivity index (χ2n) is 3.39. The molecule has 1 aromatic rings. The highest BCUT2D eigenvalue weighted by molar-refractivity contribution is 7.99. The quantitative estimate of drug-likeness (QED) is 0.285. The molecule has 1 aromatic heterocycles. The van der Waals surface area contributed by atoms with E-state index in [1.165, 1.54) is 0 Å². The SMILES string of the molecule is CCn1c(SCCCCC(=N)N)n[nH]c1=O. The van der Waals surface area contributed by atoms with Crippen LogP contribution in [0.1, 0.15) is 26.2 Å². The molecule has 0 saturated carbocycles. The first-order valence-corrected chi connectivity index (χ1v) is 6.24. The highest BCUT2D eigenvalue weighted by atomic mass is 32.2. The number of rotatable bonds is 7. The number of hydrogen-bond donors (Lipinski definition) is 3. The highest BCUT2D eigenvalue weighted by Crippen LogP contribution is 2.15. The Labute approximate surface area is 98.1 Å². The van der Waals surface area contributed by atoms with Gasteiger partial charge < -0.3 is 5.73 Å². The summed E-state index contributed by atoms with van der Waals surface area (Å²) in [5.74, 6) is 1.12. The molecule has 7 heteroatoms. The molecule has 0 unspecified atom stereocenters. The van der Waals surface area contributed by atoms with Gasteiger partial charge >= 0.3 is 5.69 Å². The number of nitrogens with two attached hydrogens (primary N) is 1. The van der Waals surface area contributed by atoms with E-state index in [-0.39, 0.29) is 11.5 Å². The molecular weight excluding hydrogens is 226 g/mol. The van der Waals surface area contributed by atoms with E-state index in [1.807, 2.05) is 6.92 Å². The Hall–Kier alpha value is -1.24. The van der Waals surface area contributed by atoms with Gasteiger partial charge in [0.1, 0.15) is 0 Å². The smallest absolute Gasteiger partial charge is 0.343 e. The summed E-state index contributed by atoms with van der Waals surface area (Å²) in [4.78, 5) is 11.2. The number of thioether (sulfide) groups is 1. The second-order valence-corrected chi connectivity index (χ2v) is 4.45. The van der Waals surface area contributed by atoms with Gasteiger partial charge in [0, 0.05) is 18.7 Å². The number of unbranched alkanes of at least 4 members (excludes halogenated alkanes) is 1. The number of nitrogens with zero attached hydrogens (tertiary/aromatic N) is 2. The molecule has 0 amide bonds. The largest absolute Gasteiger partial charge is 0.388 e. The minimum atomic E-state index is -0.159. The molecular formula is C9H17N5OS. The first-order valence-electron chi connectivity index (χ1n) is 5.26. The molecule has 90 valence electrons. The van der Waals surface area contributed by atoms with Gasteiger partial charge in [0.05, 0.1) is 5.84 Å². The van der Waals surface area contributed by atoms with E-state index in [4.69, 9.17) is 11.1 Å². The summed E-state index contributed by atoms with van der Waals surface area (Å²) < 4.78 is 1.61. The Kier molecular flexibility index (Phi) is 5.10. The van der Waals surface area contributed by atoms with Gasteiger partial charge in [-0.3, -0.25) is 9.98 Å². The predicted octanol–water partition coefficient (Wildman–Crippen LogP) is 0.790. The normalized spacial score (nSPS) is 10.6. The predicted molar refractivity (Wildman–Crippen MR) is 65.0 cm³/mol. The highest BCUT2D eigenvalue weighted by Gasteiger charge is 2.06.